The summed E-state index contributed by atoms with van der Waals surface area (Å²) in [6, 6.07) is 0. The van der Waals surface area contributed by atoms with E-state index >= 15 is 0 Å². The lowest BCUT2D eigenvalue weighted by atomic mass is 10.3. The fourth-order valence-corrected chi connectivity index (χ4v) is 0. The zero-order valence-corrected chi connectivity index (χ0v) is 4.94. The Labute approximate surface area is 50.0 Å². The van der Waals surface area contributed by atoms with Crippen molar-refractivity contribution >= 4 is 15.2 Å². The molecule has 5 N–H and O–H groups in total. The van der Waals surface area contributed by atoms with Gasteiger partial charge in [-0.15, -0.1) is 4.20 Å². The molecule has 0 radical (unpaired) electrons. The Hall–Kier alpha value is 0.0249. The Morgan fingerprint density at radius 3 is 1.22 bits per heavy atom. The van der Waals surface area contributed by atoms with Gasteiger partial charge in [0.25, 0.3) is 0 Å². The van der Waals surface area contributed by atoms with Crippen LogP contribution in [0, 0.1) is 0 Å². The molecule has 0 saturated heterocycles. The molecule has 0 rings (SSSR count). The van der Waals surface area contributed by atoms with Crippen LogP contribution in [0.25, 0.3) is 0 Å². The van der Waals surface area contributed by atoms with Crippen molar-refractivity contribution in [1.82, 2.24) is 0 Å². The average Bonchev–Trinajstić information content (AvgIpc) is 1.19. The van der Waals surface area contributed by atoms with Crippen molar-refractivity contribution in [2.45, 2.75) is 0 Å². The molecule has 0 saturated carbocycles. The first-order valence-corrected chi connectivity index (χ1v) is 3.03. The predicted molar refractivity (Wildman–Crippen MR) is 25.6 cm³/mol. The van der Waals surface area contributed by atoms with E-state index in [1.165, 1.54) is 0 Å². The summed E-state index contributed by atoms with van der Waals surface area (Å²) in [6.07, 6.45) is 0. The van der Waals surface area contributed by atoms with E-state index in [1.807, 2.05) is 0 Å². The van der Waals surface area contributed by atoms with Gasteiger partial charge in [0.15, 0.2) is 0 Å². The highest BCUT2D eigenvalue weighted by Gasteiger charge is 2.04. The van der Waals surface area contributed by atoms with Gasteiger partial charge in [-0.2, -0.15) is 0 Å². The van der Waals surface area contributed by atoms with Crippen LogP contribution < -0.4 is 0 Å². The molecule has 0 aliphatic rings. The van der Waals surface area contributed by atoms with Crippen LogP contribution in [0.4, 0.5) is 4.20 Å². The quantitative estimate of drug-likeness (QED) is 0.207. The van der Waals surface area contributed by atoms with E-state index in [2.05, 4.69) is 0 Å². The van der Waals surface area contributed by atoms with Crippen LogP contribution in [0.5, 0.6) is 0 Å². The molecule has 0 spiro atoms. The van der Waals surface area contributed by atoms with E-state index in [1.54, 1.807) is 0 Å². The maximum atomic E-state index is 10.4. The molecule has 0 aromatic carbocycles. The Morgan fingerprint density at radius 1 is 1.22 bits per heavy atom. The zero-order chi connectivity index (χ0) is 8.08. The topological polar surface area (TPSA) is 118 Å². The van der Waals surface area contributed by atoms with E-state index in [0.717, 1.165) is 0 Å². The molecule has 0 aromatic heterocycles. The van der Waals surface area contributed by atoms with E-state index in [-0.39, 0.29) is 0 Å². The molecule has 9 heavy (non-hydrogen) atoms. The first-order chi connectivity index (χ1) is 3.73. The van der Waals surface area contributed by atoms with Crippen molar-refractivity contribution in [3.63, 3.8) is 0 Å². The van der Waals surface area contributed by atoms with Crippen LogP contribution >= 0.6 is 7.91 Å². The van der Waals surface area contributed by atoms with Crippen molar-refractivity contribution in [2.75, 3.05) is 0 Å². The van der Waals surface area contributed by atoms with Gasteiger partial charge < -0.3 is 15.1 Å². The van der Waals surface area contributed by atoms with Gasteiger partial charge >= 0.3 is 15.2 Å². The van der Waals surface area contributed by atoms with Crippen molar-refractivity contribution in [3.8, 4) is 0 Å². The molecule has 56 valence electrons. The van der Waals surface area contributed by atoms with Gasteiger partial charge in [0.05, 0.1) is 0 Å². The minimum atomic E-state index is -5.14. The third kappa shape index (κ3) is 469000. The molecule has 6 nitrogen and oxygen atoms in total. The van der Waals surface area contributed by atoms with Gasteiger partial charge in [0, 0.05) is 0 Å². The fraction of sp³-hybridized carbons (Fsp3) is 0. The summed E-state index contributed by atoms with van der Waals surface area (Å²) in [7, 11) is -7.31. The molecule has 0 aromatic rings. The summed E-state index contributed by atoms with van der Waals surface area (Å²) < 4.78 is 19.0. The fourth-order valence-electron chi connectivity index (χ4n) is 0. The maximum absolute atomic E-state index is 10.4. The molecule has 0 fully saturated rings. The van der Waals surface area contributed by atoms with E-state index in [0.29, 0.717) is 0 Å². The van der Waals surface area contributed by atoms with Gasteiger partial charge in [0.2, 0.25) is 0 Å². The second-order valence-electron chi connectivity index (χ2n) is 0.819. The van der Waals surface area contributed by atoms with Crippen LogP contribution in [0.3, 0.4) is 0 Å². The minimum Gasteiger partial charge on any atom is -0.402 e. The first-order valence-electron chi connectivity index (χ1n) is 1.53. The predicted octanol–water partition coefficient (Wildman–Crippen LogP) is -2.00. The summed E-state index contributed by atoms with van der Waals surface area (Å²) in [5.74, 6) is 0. The highest BCUT2D eigenvalue weighted by atomic mass is 31.2. The molecule has 0 amide bonds. The Kier molecular flexibility index (Phi) is 6.36. The lowest BCUT2D eigenvalue weighted by Gasteiger charge is -1.77. The molecule has 0 atom stereocenters. The average molecular weight is 162 g/mol. The number of hydrogen-bond donors (Lipinski definition) is 5. The van der Waals surface area contributed by atoms with Crippen LogP contribution in [0.2, 0.25) is 0 Å². The summed E-state index contributed by atoms with van der Waals surface area (Å²) in [5, 5.41) is 21.5. The third-order valence-electron chi connectivity index (χ3n) is 0. The summed E-state index contributed by atoms with van der Waals surface area (Å²) in [4.78, 5) is 13.9. The van der Waals surface area contributed by atoms with Gasteiger partial charge in [-0.1, -0.05) is 0 Å². The van der Waals surface area contributed by atoms with Crippen molar-refractivity contribution in [3.05, 3.63) is 0 Å². The normalized spacial score (nSPS) is 9.56. The Balaban J connectivity index is 0. The standard InChI is InChI=1S/BH3O3.FH2O3P/c2-1(3)4;1-5(2,3)4/h2-4H;(H2,2,3,4). The SMILES string of the molecule is O=P(O)(O)F.OB(O)O. The van der Waals surface area contributed by atoms with Crippen molar-refractivity contribution in [1.29, 1.82) is 0 Å². The summed E-state index contributed by atoms with van der Waals surface area (Å²) in [5.41, 5.74) is 0. The second-order valence-corrected chi connectivity index (χ2v) is 1.77. The molecular weight excluding hydrogens is 157 g/mol. The van der Waals surface area contributed by atoms with E-state index < -0.39 is 15.2 Å². The summed E-state index contributed by atoms with van der Waals surface area (Å²) in [6.45, 7) is 0. The second kappa shape index (κ2) is 4.86. The van der Waals surface area contributed by atoms with Crippen LogP contribution in [-0.2, 0) is 4.57 Å². The van der Waals surface area contributed by atoms with Gasteiger partial charge in [-0.3, -0.25) is 9.79 Å². The number of rotatable bonds is 0. The largest absolute Gasteiger partial charge is 0.631 e. The van der Waals surface area contributed by atoms with Gasteiger partial charge in [-0.05, 0) is 0 Å². The van der Waals surface area contributed by atoms with E-state index in [9.17, 15) is 4.20 Å². The number of hydrogen-bond acceptors (Lipinski definition) is 4. The van der Waals surface area contributed by atoms with Crippen molar-refractivity contribution < 1.29 is 33.6 Å². The molecule has 0 heterocycles. The van der Waals surface area contributed by atoms with Crippen LogP contribution in [0.15, 0.2) is 0 Å². The molecule has 0 aliphatic heterocycles. The molecule has 0 unspecified atom stereocenters. The summed E-state index contributed by atoms with van der Waals surface area (Å²) >= 11 is 0. The Bertz CT molecular complexity index is 84.2. The van der Waals surface area contributed by atoms with E-state index in [4.69, 9.17) is 29.4 Å². The maximum Gasteiger partial charge on any atom is 0.631 e. The molecule has 0 bridgehead atoms. The molecular formula is H5BFO6P. The van der Waals surface area contributed by atoms with Crippen LogP contribution in [-0.4, -0.2) is 32.2 Å². The monoisotopic (exact) mass is 162 g/mol. The number of halogens is 1. The lowest BCUT2D eigenvalue weighted by Crippen LogP contribution is -2.07. The van der Waals surface area contributed by atoms with Crippen molar-refractivity contribution in [2.24, 2.45) is 0 Å². The minimum absolute atomic E-state index is 2.17. The highest BCUT2D eigenvalue weighted by molar-refractivity contribution is 7.45. The van der Waals surface area contributed by atoms with Gasteiger partial charge in [-0.25, -0.2) is 4.57 Å². The molecule has 9 heteroatoms. The third-order valence-corrected chi connectivity index (χ3v) is 0. The van der Waals surface area contributed by atoms with Crippen LogP contribution in [0.1, 0.15) is 0 Å². The van der Waals surface area contributed by atoms with Gasteiger partial charge in [0.1, 0.15) is 0 Å². The lowest BCUT2D eigenvalue weighted by molar-refractivity contribution is 0.278. The Morgan fingerprint density at radius 2 is 1.22 bits per heavy atom. The zero-order valence-electron chi connectivity index (χ0n) is 4.05. The first kappa shape index (κ1) is 11.8. The smallest absolute Gasteiger partial charge is 0.402 e. The highest BCUT2D eigenvalue weighted by Crippen LogP contribution is 2.34. The molecule has 0 aliphatic carbocycles.